The van der Waals surface area contributed by atoms with Crippen molar-refractivity contribution in [2.24, 2.45) is 30.0 Å². The van der Waals surface area contributed by atoms with Crippen LogP contribution >= 0.6 is 11.8 Å². The van der Waals surface area contributed by atoms with Crippen molar-refractivity contribution >= 4 is 29.3 Å². The van der Waals surface area contributed by atoms with Crippen molar-refractivity contribution in [3.8, 4) is 5.75 Å². The minimum Gasteiger partial charge on any atom is -0.486 e. The summed E-state index contributed by atoms with van der Waals surface area (Å²) in [4.78, 5) is 28.7. The molecule has 0 radical (unpaired) electrons. The van der Waals surface area contributed by atoms with Gasteiger partial charge in [0.05, 0.1) is 30.3 Å². The maximum atomic E-state index is 13.6. The number of rotatable bonds is 7. The Morgan fingerprint density at radius 1 is 1.22 bits per heavy atom. The van der Waals surface area contributed by atoms with Gasteiger partial charge in [0, 0.05) is 56.9 Å². The summed E-state index contributed by atoms with van der Waals surface area (Å²) in [7, 11) is 1.77. The first-order valence-electron chi connectivity index (χ1n) is 15.0. The third-order valence-corrected chi connectivity index (χ3v) is 10.9. The fourth-order valence-corrected chi connectivity index (χ4v) is 7.92. The zero-order chi connectivity index (χ0) is 28.3. The summed E-state index contributed by atoms with van der Waals surface area (Å²) in [5, 5.41) is 0. The number of nitrogen functional groups attached to an aromatic ring is 1. The monoisotopic (exact) mass is 583 g/mol. The van der Waals surface area contributed by atoms with Crippen LogP contribution in [0.5, 0.6) is 5.75 Å². The number of nitrogens with zero attached hydrogens (tertiary/aromatic N) is 5. The highest BCUT2D eigenvalue weighted by molar-refractivity contribution is 7.99. The second kappa shape index (κ2) is 10.6. The Morgan fingerprint density at radius 2 is 2.00 bits per heavy atom. The standard InChI is InChI=1S/C29H41N7O4S/c1-17-24(30)29(16-40-17)6-9-35(10-7-29)28-33-25(31)23(27(37)34(28)2)41-21-5-8-32-26-22(21)39-15-20-11-19(12-36(20)26)14-38-13-18-3-4-18/h5,8,17-20,24H,3-4,6-7,9-16,30-31H2,1-2H3/t17?,19-,20-,24?/m0/s1. The van der Waals surface area contributed by atoms with Crippen LogP contribution in [0, 0.1) is 17.3 Å². The van der Waals surface area contributed by atoms with Crippen molar-refractivity contribution in [3.05, 3.63) is 22.6 Å². The van der Waals surface area contributed by atoms with E-state index in [1.807, 2.05) is 13.0 Å². The Morgan fingerprint density at radius 3 is 2.73 bits per heavy atom. The fourth-order valence-electron chi connectivity index (χ4n) is 6.96. The van der Waals surface area contributed by atoms with Gasteiger partial charge in [0.1, 0.15) is 17.3 Å². The average molecular weight is 584 g/mol. The van der Waals surface area contributed by atoms with E-state index >= 15 is 0 Å². The van der Waals surface area contributed by atoms with Crippen LogP contribution in [0.25, 0.3) is 0 Å². The molecule has 4 aliphatic heterocycles. The van der Waals surface area contributed by atoms with Gasteiger partial charge in [0.15, 0.2) is 11.6 Å². The molecular formula is C29H41N7O4S. The van der Waals surface area contributed by atoms with Crippen LogP contribution in [0.2, 0.25) is 0 Å². The molecule has 4 atom stereocenters. The van der Waals surface area contributed by atoms with E-state index in [1.165, 1.54) is 24.6 Å². The largest absolute Gasteiger partial charge is 0.486 e. The Hall–Kier alpha value is -2.54. The number of fused-ring (bicyclic) bond motifs is 3. The average Bonchev–Trinajstić information content (AvgIpc) is 3.65. The molecule has 222 valence electrons. The van der Waals surface area contributed by atoms with Crippen molar-refractivity contribution in [3.63, 3.8) is 0 Å². The molecular weight excluding hydrogens is 542 g/mol. The summed E-state index contributed by atoms with van der Waals surface area (Å²) >= 11 is 1.31. The predicted octanol–water partition coefficient (Wildman–Crippen LogP) is 2.26. The number of hydrogen-bond acceptors (Lipinski definition) is 11. The quantitative estimate of drug-likeness (QED) is 0.497. The molecule has 0 amide bonds. The van der Waals surface area contributed by atoms with Gasteiger partial charge in [0.25, 0.3) is 5.56 Å². The Balaban J connectivity index is 1.07. The third kappa shape index (κ3) is 4.96. The van der Waals surface area contributed by atoms with Crippen molar-refractivity contribution in [2.75, 3.05) is 61.6 Å². The van der Waals surface area contributed by atoms with Crippen molar-refractivity contribution in [2.45, 2.75) is 67.0 Å². The lowest BCUT2D eigenvalue weighted by molar-refractivity contribution is 0.0956. The van der Waals surface area contributed by atoms with E-state index in [1.54, 1.807) is 17.8 Å². The summed E-state index contributed by atoms with van der Waals surface area (Å²) in [5.74, 6) is 3.61. The maximum Gasteiger partial charge on any atom is 0.270 e. The van der Waals surface area contributed by atoms with E-state index in [-0.39, 0.29) is 28.9 Å². The zero-order valence-electron chi connectivity index (χ0n) is 24.0. The number of piperidine rings is 1. The first-order valence-corrected chi connectivity index (χ1v) is 15.8. The van der Waals surface area contributed by atoms with Gasteiger partial charge in [-0.15, -0.1) is 0 Å². The van der Waals surface area contributed by atoms with Gasteiger partial charge in [-0.25, -0.2) is 4.98 Å². The fraction of sp³-hybridized carbons (Fsp3) is 0.690. The van der Waals surface area contributed by atoms with Gasteiger partial charge < -0.3 is 35.5 Å². The lowest BCUT2D eigenvalue weighted by atomic mass is 9.73. The first-order chi connectivity index (χ1) is 19.8. The van der Waals surface area contributed by atoms with E-state index in [9.17, 15) is 4.79 Å². The third-order valence-electron chi connectivity index (χ3n) is 9.80. The second-order valence-corrected chi connectivity index (χ2v) is 13.7. The summed E-state index contributed by atoms with van der Waals surface area (Å²) in [6.45, 7) is 7.42. The highest BCUT2D eigenvalue weighted by Crippen LogP contribution is 2.46. The number of ether oxygens (including phenoxy) is 3. The van der Waals surface area contributed by atoms with Crippen LogP contribution < -0.4 is 31.6 Å². The SMILES string of the molecule is CC1OCC2(CCN(c3nc(N)c(Sc4ccnc5c4OC[C@@H]4C[C@H](COCC6CC6)CN54)c(=O)n3C)CC2)C1N. The molecule has 0 aromatic carbocycles. The van der Waals surface area contributed by atoms with E-state index in [0.717, 1.165) is 68.7 Å². The molecule has 2 aromatic rings. The van der Waals surface area contributed by atoms with Crippen LogP contribution in [0.15, 0.2) is 26.8 Å². The second-order valence-electron chi connectivity index (χ2n) is 12.6. The first kappa shape index (κ1) is 27.3. The molecule has 11 nitrogen and oxygen atoms in total. The summed E-state index contributed by atoms with van der Waals surface area (Å²) in [6, 6.07) is 2.21. The molecule has 0 bridgehead atoms. The Bertz CT molecular complexity index is 1360. The molecule has 5 aliphatic rings. The molecule has 3 saturated heterocycles. The van der Waals surface area contributed by atoms with Gasteiger partial charge in [-0.3, -0.25) is 9.36 Å². The molecule has 4 N–H and O–H groups in total. The molecule has 1 spiro atoms. The molecule has 2 unspecified atom stereocenters. The zero-order valence-corrected chi connectivity index (χ0v) is 24.8. The number of aromatic nitrogens is 3. The van der Waals surface area contributed by atoms with Gasteiger partial charge >= 0.3 is 0 Å². The maximum absolute atomic E-state index is 13.6. The smallest absolute Gasteiger partial charge is 0.270 e. The van der Waals surface area contributed by atoms with Crippen LogP contribution in [0.3, 0.4) is 0 Å². The molecule has 12 heteroatoms. The van der Waals surface area contributed by atoms with Gasteiger partial charge in [-0.2, -0.15) is 4.98 Å². The van der Waals surface area contributed by atoms with Crippen LogP contribution in [-0.2, 0) is 16.5 Å². The van der Waals surface area contributed by atoms with Crippen LogP contribution in [0.4, 0.5) is 17.6 Å². The van der Waals surface area contributed by atoms with Crippen LogP contribution in [0.1, 0.15) is 39.0 Å². The summed E-state index contributed by atoms with van der Waals surface area (Å²) < 4.78 is 19.7. The van der Waals surface area contributed by atoms with Crippen molar-refractivity contribution in [1.82, 2.24) is 14.5 Å². The molecule has 1 saturated carbocycles. The normalized spacial score (nSPS) is 28.6. The highest BCUT2D eigenvalue weighted by atomic mass is 32.2. The number of pyridine rings is 1. The Kier molecular flexibility index (Phi) is 7.08. The molecule has 41 heavy (non-hydrogen) atoms. The molecule has 2 aromatic heterocycles. The van der Waals surface area contributed by atoms with E-state index < -0.39 is 0 Å². The summed E-state index contributed by atoms with van der Waals surface area (Å²) in [5.41, 5.74) is 12.8. The Labute approximate surface area is 244 Å². The topological polar surface area (TPSA) is 134 Å². The number of hydrogen-bond donors (Lipinski definition) is 2. The van der Waals surface area contributed by atoms with Crippen molar-refractivity contribution < 1.29 is 14.2 Å². The molecule has 1 aliphatic carbocycles. The highest BCUT2D eigenvalue weighted by Gasteiger charge is 2.48. The van der Waals surface area contributed by atoms with Gasteiger partial charge in [-0.1, -0.05) is 11.8 Å². The predicted molar refractivity (Wildman–Crippen MR) is 158 cm³/mol. The minimum absolute atomic E-state index is 0.00541. The van der Waals surface area contributed by atoms with Gasteiger partial charge in [0.2, 0.25) is 5.95 Å². The van der Waals surface area contributed by atoms with Gasteiger partial charge in [-0.05, 0) is 51.0 Å². The number of nitrogens with two attached hydrogens (primary N) is 2. The van der Waals surface area contributed by atoms with Crippen molar-refractivity contribution in [1.29, 1.82) is 0 Å². The molecule has 7 rings (SSSR count). The van der Waals surface area contributed by atoms with E-state index in [4.69, 9.17) is 30.7 Å². The molecule has 4 fully saturated rings. The molecule has 6 heterocycles. The lowest BCUT2D eigenvalue weighted by Crippen LogP contribution is -2.51. The van der Waals surface area contributed by atoms with E-state index in [0.29, 0.717) is 41.8 Å². The van der Waals surface area contributed by atoms with E-state index in [2.05, 4.69) is 14.8 Å². The minimum atomic E-state index is -0.166. The summed E-state index contributed by atoms with van der Waals surface area (Å²) in [6.07, 6.45) is 7.31. The van der Waals surface area contributed by atoms with Crippen LogP contribution in [-0.4, -0.2) is 78.8 Å². The lowest BCUT2D eigenvalue weighted by Gasteiger charge is -2.41. The number of anilines is 3.